The molecule has 4 unspecified atom stereocenters. The van der Waals surface area contributed by atoms with Gasteiger partial charge < -0.3 is 20.4 Å². The molecule has 0 amide bonds. The fourth-order valence-electron chi connectivity index (χ4n) is 9.07. The largest absolute Gasteiger partial charge is 0.393 e. The first-order chi connectivity index (χ1) is 14.8. The van der Waals surface area contributed by atoms with E-state index in [9.17, 15) is 25.2 Å². The van der Waals surface area contributed by atoms with Gasteiger partial charge in [0.05, 0.1) is 29.8 Å². The fourth-order valence-corrected chi connectivity index (χ4v) is 9.07. The molecule has 0 aromatic heterocycles. The SMILES string of the molecule is CC(C)[C@@H](O)CC[C@@H](C)C1CC(=O)C2[C@]1(C)CCC1[C@@]3(C)CC[C@H](O)CC3[C@@H](O)C[C@]12O. The summed E-state index contributed by atoms with van der Waals surface area (Å²) in [6.07, 6.45) is 4.94. The van der Waals surface area contributed by atoms with E-state index in [-0.39, 0.29) is 58.9 Å². The maximum atomic E-state index is 13.5. The molecule has 4 aliphatic carbocycles. The van der Waals surface area contributed by atoms with Crippen LogP contribution < -0.4 is 0 Å². The number of ketones is 1. The summed E-state index contributed by atoms with van der Waals surface area (Å²) >= 11 is 0. The van der Waals surface area contributed by atoms with Crippen molar-refractivity contribution in [2.75, 3.05) is 0 Å². The second-order valence-electron chi connectivity index (χ2n) is 13.0. The lowest BCUT2D eigenvalue weighted by Crippen LogP contribution is -2.68. The lowest BCUT2D eigenvalue weighted by Gasteiger charge is -2.65. The van der Waals surface area contributed by atoms with Crippen LogP contribution in [0.2, 0.25) is 0 Å². The highest BCUT2D eigenvalue weighted by Gasteiger charge is 2.70. The molecule has 4 rings (SSSR count). The number of aliphatic hydroxyl groups excluding tert-OH is 3. The van der Waals surface area contributed by atoms with E-state index >= 15 is 0 Å². The lowest BCUT2D eigenvalue weighted by atomic mass is 9.42. The molecule has 4 N–H and O–H groups in total. The van der Waals surface area contributed by atoms with Crippen LogP contribution in [0.3, 0.4) is 0 Å². The van der Waals surface area contributed by atoms with Crippen molar-refractivity contribution < 1.29 is 25.2 Å². The number of Topliss-reactive ketones (excluding diaryl/α,β-unsaturated/α-hetero) is 1. The minimum absolute atomic E-state index is 0.00487. The molecule has 4 fully saturated rings. The van der Waals surface area contributed by atoms with Crippen LogP contribution in [-0.2, 0) is 4.79 Å². The second kappa shape index (κ2) is 8.32. The van der Waals surface area contributed by atoms with Crippen LogP contribution >= 0.6 is 0 Å². The van der Waals surface area contributed by atoms with Gasteiger partial charge in [-0.05, 0) is 85.4 Å². The molecule has 4 saturated carbocycles. The molecule has 5 heteroatoms. The van der Waals surface area contributed by atoms with Crippen LogP contribution in [0.15, 0.2) is 0 Å². The van der Waals surface area contributed by atoms with Gasteiger partial charge >= 0.3 is 0 Å². The van der Waals surface area contributed by atoms with Gasteiger partial charge in [0.2, 0.25) is 0 Å². The Balaban J connectivity index is 1.60. The maximum absolute atomic E-state index is 13.5. The molecule has 0 aromatic rings. The van der Waals surface area contributed by atoms with Crippen molar-refractivity contribution in [3.63, 3.8) is 0 Å². The van der Waals surface area contributed by atoms with E-state index in [1.165, 1.54) is 0 Å². The fraction of sp³-hybridized carbons (Fsp3) is 0.963. The number of rotatable bonds is 5. The van der Waals surface area contributed by atoms with E-state index in [1.807, 2.05) is 13.8 Å². The number of hydrogen-bond donors (Lipinski definition) is 4. The topological polar surface area (TPSA) is 98.0 Å². The Labute approximate surface area is 194 Å². The third kappa shape index (κ3) is 3.61. The molecule has 0 saturated heterocycles. The zero-order chi connectivity index (χ0) is 23.6. The van der Waals surface area contributed by atoms with Crippen molar-refractivity contribution in [2.45, 2.75) is 116 Å². The van der Waals surface area contributed by atoms with E-state index in [0.717, 1.165) is 32.1 Å². The van der Waals surface area contributed by atoms with E-state index in [2.05, 4.69) is 20.8 Å². The zero-order valence-corrected chi connectivity index (χ0v) is 20.8. The first kappa shape index (κ1) is 24.6. The Kier molecular flexibility index (Phi) is 6.40. The second-order valence-corrected chi connectivity index (χ2v) is 13.0. The van der Waals surface area contributed by atoms with Crippen molar-refractivity contribution >= 4 is 5.78 Å². The third-order valence-corrected chi connectivity index (χ3v) is 10.9. The molecule has 4 aliphatic rings. The summed E-state index contributed by atoms with van der Waals surface area (Å²) in [5.41, 5.74) is -1.66. The van der Waals surface area contributed by atoms with Crippen LogP contribution in [0.5, 0.6) is 0 Å². The summed E-state index contributed by atoms with van der Waals surface area (Å²) in [5, 5.41) is 43.9. The summed E-state index contributed by atoms with van der Waals surface area (Å²) in [7, 11) is 0. The summed E-state index contributed by atoms with van der Waals surface area (Å²) < 4.78 is 0. The standard InChI is InChI=1S/C27H46O5/c1-15(2)20(29)7-6-16(3)18-13-21(30)24-26(18,5)11-9-23-25(4)10-8-17(28)12-19(25)22(31)14-27(23,24)32/h15-20,22-24,28-29,31-32H,6-14H2,1-5H3/t16-,17+,18?,19?,20+,22+,23?,24?,25+,26-,27+/m1/s1. The molecule has 5 nitrogen and oxygen atoms in total. The molecule has 11 atom stereocenters. The first-order valence-corrected chi connectivity index (χ1v) is 13.1. The van der Waals surface area contributed by atoms with Gasteiger partial charge in [0, 0.05) is 12.8 Å². The average molecular weight is 451 g/mol. The predicted octanol–water partition coefficient (Wildman–Crippen LogP) is 3.70. The van der Waals surface area contributed by atoms with Crippen molar-refractivity contribution in [3.8, 4) is 0 Å². The molecule has 184 valence electrons. The highest BCUT2D eigenvalue weighted by Crippen LogP contribution is 2.69. The number of carbonyl (C=O) groups excluding carboxylic acids is 1. The number of carbonyl (C=O) groups is 1. The molecular weight excluding hydrogens is 404 g/mol. The average Bonchev–Trinajstić information content (AvgIpc) is 2.98. The van der Waals surface area contributed by atoms with Gasteiger partial charge in [-0.2, -0.15) is 0 Å². The minimum Gasteiger partial charge on any atom is -0.393 e. The highest BCUT2D eigenvalue weighted by atomic mass is 16.3. The van der Waals surface area contributed by atoms with Gasteiger partial charge in [-0.15, -0.1) is 0 Å². The number of aliphatic hydroxyl groups is 4. The molecule has 0 radical (unpaired) electrons. The van der Waals surface area contributed by atoms with Crippen LogP contribution in [0.1, 0.15) is 92.4 Å². The Morgan fingerprint density at radius 1 is 1.03 bits per heavy atom. The highest BCUT2D eigenvalue weighted by molar-refractivity contribution is 5.86. The van der Waals surface area contributed by atoms with Crippen LogP contribution in [0.25, 0.3) is 0 Å². The Morgan fingerprint density at radius 3 is 2.34 bits per heavy atom. The van der Waals surface area contributed by atoms with E-state index in [1.54, 1.807) is 0 Å². The van der Waals surface area contributed by atoms with Crippen molar-refractivity contribution in [2.24, 2.45) is 46.3 Å². The Bertz CT molecular complexity index is 723. The molecule has 0 spiro atoms. The van der Waals surface area contributed by atoms with Gasteiger partial charge in [-0.3, -0.25) is 4.79 Å². The third-order valence-electron chi connectivity index (χ3n) is 10.9. The van der Waals surface area contributed by atoms with E-state index in [4.69, 9.17) is 0 Å². The molecule has 0 aliphatic heterocycles. The van der Waals surface area contributed by atoms with Gasteiger partial charge in [-0.1, -0.05) is 34.6 Å². The van der Waals surface area contributed by atoms with Gasteiger partial charge in [0.15, 0.2) is 0 Å². The molecule has 0 bridgehead atoms. The van der Waals surface area contributed by atoms with Crippen LogP contribution in [0.4, 0.5) is 0 Å². The smallest absolute Gasteiger partial charge is 0.139 e. The summed E-state index contributed by atoms with van der Waals surface area (Å²) in [6, 6.07) is 0. The first-order valence-electron chi connectivity index (χ1n) is 13.1. The van der Waals surface area contributed by atoms with Crippen molar-refractivity contribution in [1.29, 1.82) is 0 Å². The van der Waals surface area contributed by atoms with Crippen molar-refractivity contribution in [1.82, 2.24) is 0 Å². The van der Waals surface area contributed by atoms with E-state index in [0.29, 0.717) is 25.2 Å². The van der Waals surface area contributed by atoms with Crippen LogP contribution in [0, 0.1) is 46.3 Å². The number of fused-ring (bicyclic) bond motifs is 5. The molecular formula is C27H46O5. The van der Waals surface area contributed by atoms with Crippen molar-refractivity contribution in [3.05, 3.63) is 0 Å². The Hall–Kier alpha value is -0.490. The normalized spacial score (nSPS) is 50.5. The minimum atomic E-state index is -1.16. The Morgan fingerprint density at radius 2 is 1.69 bits per heavy atom. The summed E-state index contributed by atoms with van der Waals surface area (Å²) in [6.45, 7) is 10.7. The molecule has 0 aromatic carbocycles. The zero-order valence-electron chi connectivity index (χ0n) is 20.8. The maximum Gasteiger partial charge on any atom is 0.139 e. The summed E-state index contributed by atoms with van der Waals surface area (Å²) in [4.78, 5) is 13.5. The monoisotopic (exact) mass is 450 g/mol. The van der Waals surface area contributed by atoms with Crippen LogP contribution in [-0.4, -0.2) is 50.1 Å². The van der Waals surface area contributed by atoms with E-state index < -0.39 is 17.6 Å². The van der Waals surface area contributed by atoms with Gasteiger partial charge in [-0.25, -0.2) is 0 Å². The summed E-state index contributed by atoms with van der Waals surface area (Å²) in [5.74, 6) is 0.489. The predicted molar refractivity (Wildman–Crippen MR) is 124 cm³/mol. The lowest BCUT2D eigenvalue weighted by molar-refractivity contribution is -0.250. The quantitative estimate of drug-likeness (QED) is 0.512. The van der Waals surface area contributed by atoms with Gasteiger partial charge in [0.25, 0.3) is 0 Å². The number of hydrogen-bond acceptors (Lipinski definition) is 5. The van der Waals surface area contributed by atoms with Gasteiger partial charge in [0.1, 0.15) is 5.78 Å². The molecule has 0 heterocycles. The molecule has 32 heavy (non-hydrogen) atoms.